The normalized spacial score (nSPS) is 26.5. The van der Waals surface area contributed by atoms with Crippen LogP contribution in [-0.4, -0.2) is 0 Å². The van der Waals surface area contributed by atoms with Gasteiger partial charge in [-0.15, -0.1) is 0 Å². The molecule has 1 fully saturated rings. The molecule has 1 aromatic carbocycles. The van der Waals surface area contributed by atoms with Gasteiger partial charge in [0, 0.05) is 4.47 Å². The highest BCUT2D eigenvalue weighted by Crippen LogP contribution is 2.41. The molecule has 0 bridgehead atoms. The summed E-state index contributed by atoms with van der Waals surface area (Å²) in [7, 11) is 0. The van der Waals surface area contributed by atoms with Crippen LogP contribution in [0.1, 0.15) is 89.5 Å². The van der Waals surface area contributed by atoms with Crippen molar-refractivity contribution in [2.24, 2.45) is 17.8 Å². The van der Waals surface area contributed by atoms with Gasteiger partial charge in [-0.05, 0) is 80.4 Å². The van der Waals surface area contributed by atoms with Crippen LogP contribution >= 0.6 is 15.9 Å². The Morgan fingerprint density at radius 1 is 0.885 bits per heavy atom. The summed E-state index contributed by atoms with van der Waals surface area (Å²) in [5, 5.41) is 0. The summed E-state index contributed by atoms with van der Waals surface area (Å²) in [6.07, 6.45) is 21.1. The second-order valence-corrected chi connectivity index (χ2v) is 9.72. The van der Waals surface area contributed by atoms with Crippen molar-refractivity contribution in [1.29, 1.82) is 0 Å². The molecule has 3 rings (SSSR count). The molecule has 0 amide bonds. The van der Waals surface area contributed by atoms with Gasteiger partial charge in [-0.2, -0.15) is 0 Å². The summed E-state index contributed by atoms with van der Waals surface area (Å²) >= 11 is 3.53. The second kappa shape index (κ2) is 10.7. The van der Waals surface area contributed by atoms with Crippen LogP contribution in [0, 0.1) is 17.8 Å². The lowest BCUT2D eigenvalue weighted by Crippen LogP contribution is -2.23. The Balaban J connectivity index is 1.37. The maximum absolute atomic E-state index is 3.53. The Morgan fingerprint density at radius 3 is 2.31 bits per heavy atom. The van der Waals surface area contributed by atoms with Gasteiger partial charge in [0.1, 0.15) is 0 Å². The predicted molar refractivity (Wildman–Crippen MR) is 117 cm³/mol. The third-order valence-electron chi connectivity index (χ3n) is 6.97. The molecule has 2 aliphatic rings. The molecule has 1 heteroatoms. The van der Waals surface area contributed by atoms with Gasteiger partial charge in [-0.3, -0.25) is 0 Å². The Bertz CT molecular complexity index is 548. The topological polar surface area (TPSA) is 0 Å². The summed E-state index contributed by atoms with van der Waals surface area (Å²) in [6.45, 7) is 2.32. The van der Waals surface area contributed by atoms with E-state index in [1.165, 1.54) is 93.5 Å². The standard InChI is InChI=1S/C25H37Br/c1-2-3-4-5-20-8-14-23(15-9-20)24-16-10-21(11-17-24)6-7-22-12-18-25(26)19-13-22/h10,12-13,18-20,23-24H,2-9,11,14-17H2,1H3/t20-,23-,24?. The fraction of sp³-hybridized carbons (Fsp3) is 0.680. The third kappa shape index (κ3) is 6.25. The lowest BCUT2D eigenvalue weighted by Gasteiger charge is -2.35. The highest BCUT2D eigenvalue weighted by atomic mass is 79.9. The highest BCUT2D eigenvalue weighted by molar-refractivity contribution is 9.10. The van der Waals surface area contributed by atoms with E-state index in [9.17, 15) is 0 Å². The van der Waals surface area contributed by atoms with Crippen molar-refractivity contribution in [3.05, 3.63) is 46.0 Å². The van der Waals surface area contributed by atoms with Crippen molar-refractivity contribution in [2.45, 2.75) is 90.4 Å². The van der Waals surface area contributed by atoms with Gasteiger partial charge in [0.2, 0.25) is 0 Å². The maximum Gasteiger partial charge on any atom is 0.0175 e. The number of allylic oxidation sites excluding steroid dienone is 2. The molecule has 1 saturated carbocycles. The molecule has 0 N–H and O–H groups in total. The zero-order valence-corrected chi connectivity index (χ0v) is 18.3. The summed E-state index contributed by atoms with van der Waals surface area (Å²) in [6, 6.07) is 8.85. The number of unbranched alkanes of at least 4 members (excludes halogenated alkanes) is 2. The Morgan fingerprint density at radius 2 is 1.65 bits per heavy atom. The molecule has 0 aromatic heterocycles. The minimum Gasteiger partial charge on any atom is -0.0850 e. The van der Waals surface area contributed by atoms with Crippen molar-refractivity contribution in [3.8, 4) is 0 Å². The van der Waals surface area contributed by atoms with Gasteiger partial charge < -0.3 is 0 Å². The van der Waals surface area contributed by atoms with E-state index in [1.54, 1.807) is 5.57 Å². The first-order chi connectivity index (χ1) is 12.7. The van der Waals surface area contributed by atoms with Crippen LogP contribution in [0.4, 0.5) is 0 Å². The number of halogens is 1. The van der Waals surface area contributed by atoms with Gasteiger partial charge >= 0.3 is 0 Å². The van der Waals surface area contributed by atoms with Crippen molar-refractivity contribution < 1.29 is 0 Å². The summed E-state index contributed by atoms with van der Waals surface area (Å²) in [5.41, 5.74) is 3.19. The first-order valence-electron chi connectivity index (χ1n) is 11.2. The summed E-state index contributed by atoms with van der Waals surface area (Å²) < 4.78 is 1.18. The lowest BCUT2D eigenvalue weighted by molar-refractivity contribution is 0.185. The summed E-state index contributed by atoms with van der Waals surface area (Å²) in [4.78, 5) is 0. The predicted octanol–water partition coefficient (Wildman–Crippen LogP) is 8.49. The SMILES string of the molecule is CCCCC[C@H]1CC[C@H](C2CC=C(CCc3ccc(Br)cc3)CC2)CC1. The third-order valence-corrected chi connectivity index (χ3v) is 7.50. The van der Waals surface area contributed by atoms with E-state index in [0.29, 0.717) is 0 Å². The van der Waals surface area contributed by atoms with E-state index < -0.39 is 0 Å². The smallest absolute Gasteiger partial charge is 0.0175 e. The lowest BCUT2D eigenvalue weighted by atomic mass is 9.70. The second-order valence-electron chi connectivity index (χ2n) is 8.80. The molecule has 1 atom stereocenters. The van der Waals surface area contributed by atoms with Gasteiger partial charge in [-0.1, -0.05) is 85.2 Å². The van der Waals surface area contributed by atoms with Crippen LogP contribution in [0.5, 0.6) is 0 Å². The van der Waals surface area contributed by atoms with Crippen molar-refractivity contribution in [1.82, 2.24) is 0 Å². The number of benzene rings is 1. The first-order valence-corrected chi connectivity index (χ1v) is 12.0. The molecule has 0 nitrogen and oxygen atoms in total. The van der Waals surface area contributed by atoms with Gasteiger partial charge in [0.05, 0.1) is 0 Å². The number of hydrogen-bond donors (Lipinski definition) is 0. The van der Waals surface area contributed by atoms with Crippen LogP contribution in [0.2, 0.25) is 0 Å². The van der Waals surface area contributed by atoms with Crippen LogP contribution in [0.15, 0.2) is 40.4 Å². The molecule has 26 heavy (non-hydrogen) atoms. The van der Waals surface area contributed by atoms with Crippen molar-refractivity contribution in [2.75, 3.05) is 0 Å². The Labute approximate surface area is 170 Å². The van der Waals surface area contributed by atoms with Crippen LogP contribution in [0.3, 0.4) is 0 Å². The number of hydrogen-bond acceptors (Lipinski definition) is 0. The average Bonchev–Trinajstić information content (AvgIpc) is 2.69. The minimum absolute atomic E-state index is 0.989. The van der Waals surface area contributed by atoms with E-state index in [4.69, 9.17) is 0 Å². The Kier molecular flexibility index (Phi) is 8.30. The molecule has 0 spiro atoms. The van der Waals surface area contributed by atoms with E-state index >= 15 is 0 Å². The van der Waals surface area contributed by atoms with Gasteiger partial charge in [0.15, 0.2) is 0 Å². The van der Waals surface area contributed by atoms with E-state index in [1.807, 2.05) is 0 Å². The zero-order valence-electron chi connectivity index (χ0n) is 16.7. The molecule has 0 radical (unpaired) electrons. The quantitative estimate of drug-likeness (QED) is 0.294. The largest absolute Gasteiger partial charge is 0.0850 e. The molecule has 1 unspecified atom stereocenters. The molecule has 0 saturated heterocycles. The highest BCUT2D eigenvalue weighted by Gasteiger charge is 2.28. The molecular weight excluding hydrogens is 380 g/mol. The zero-order chi connectivity index (χ0) is 18.2. The maximum atomic E-state index is 3.53. The van der Waals surface area contributed by atoms with E-state index in [2.05, 4.69) is 53.2 Å². The number of aryl methyl sites for hydroxylation is 1. The number of rotatable bonds is 8. The molecule has 1 aromatic rings. The fourth-order valence-electron chi connectivity index (χ4n) is 5.15. The van der Waals surface area contributed by atoms with Crippen LogP contribution in [-0.2, 0) is 6.42 Å². The van der Waals surface area contributed by atoms with E-state index in [-0.39, 0.29) is 0 Å². The monoisotopic (exact) mass is 416 g/mol. The summed E-state index contributed by atoms with van der Waals surface area (Å²) in [5.74, 6) is 3.07. The van der Waals surface area contributed by atoms with Crippen molar-refractivity contribution >= 4 is 15.9 Å². The van der Waals surface area contributed by atoms with Crippen LogP contribution in [0.25, 0.3) is 0 Å². The molecule has 0 aliphatic heterocycles. The minimum atomic E-state index is 0.989. The first kappa shape index (κ1) is 20.2. The Hall–Kier alpha value is -0.560. The van der Waals surface area contributed by atoms with Crippen molar-refractivity contribution in [3.63, 3.8) is 0 Å². The molecule has 144 valence electrons. The van der Waals surface area contributed by atoms with Gasteiger partial charge in [0.25, 0.3) is 0 Å². The fourth-order valence-corrected chi connectivity index (χ4v) is 5.42. The molecule has 2 aliphatic carbocycles. The van der Waals surface area contributed by atoms with Gasteiger partial charge in [-0.25, -0.2) is 0 Å². The molecular formula is C25H37Br. The average molecular weight is 417 g/mol. The van der Waals surface area contributed by atoms with E-state index in [0.717, 1.165) is 17.8 Å². The van der Waals surface area contributed by atoms with Crippen LogP contribution < -0.4 is 0 Å². The molecule has 0 heterocycles.